The van der Waals surface area contributed by atoms with Gasteiger partial charge in [0, 0.05) is 11.8 Å². The fourth-order valence-electron chi connectivity index (χ4n) is 1.05. The molecule has 0 aromatic carbocycles. The molecule has 0 spiro atoms. The van der Waals surface area contributed by atoms with Crippen molar-refractivity contribution in [3.05, 3.63) is 22.1 Å². The van der Waals surface area contributed by atoms with E-state index in [1.54, 1.807) is 6.92 Å². The van der Waals surface area contributed by atoms with Crippen molar-refractivity contribution in [2.75, 3.05) is 12.4 Å². The lowest BCUT2D eigenvalue weighted by Gasteiger charge is -2.06. The minimum absolute atomic E-state index is 0.152. The highest BCUT2D eigenvalue weighted by Gasteiger charge is 2.07. The van der Waals surface area contributed by atoms with Crippen LogP contribution in [0.1, 0.15) is 19.5 Å². The van der Waals surface area contributed by atoms with Gasteiger partial charge in [-0.3, -0.25) is 9.59 Å². The molecule has 0 aliphatic rings. The molecule has 17 heavy (non-hydrogen) atoms. The minimum atomic E-state index is -0.298. The fraction of sp³-hybridized carbons (Fsp3) is 0.545. The van der Waals surface area contributed by atoms with E-state index in [0.717, 1.165) is 0 Å². The molecule has 0 aliphatic heterocycles. The molecule has 0 unspecified atom stereocenters. The third kappa shape index (κ3) is 5.53. The van der Waals surface area contributed by atoms with Gasteiger partial charge in [-0.25, -0.2) is 4.98 Å². The number of aryl methyl sites for hydroxylation is 1. The van der Waals surface area contributed by atoms with Crippen molar-refractivity contribution >= 4 is 17.7 Å². The Labute approximate surface area is 104 Å². The van der Waals surface area contributed by atoms with E-state index >= 15 is 0 Å². The summed E-state index contributed by atoms with van der Waals surface area (Å²) >= 11 is 1.17. The summed E-state index contributed by atoms with van der Waals surface area (Å²) in [6.45, 7) is 6.09. The van der Waals surface area contributed by atoms with E-state index in [2.05, 4.69) is 9.97 Å². The number of hydrogen-bond acceptors (Lipinski definition) is 5. The molecule has 94 valence electrons. The summed E-state index contributed by atoms with van der Waals surface area (Å²) in [6, 6.07) is 1.40. The maximum atomic E-state index is 11.3. The van der Waals surface area contributed by atoms with Gasteiger partial charge in [0.25, 0.3) is 5.56 Å². The van der Waals surface area contributed by atoms with Crippen LogP contribution in [0.25, 0.3) is 0 Å². The van der Waals surface area contributed by atoms with Crippen molar-refractivity contribution in [1.29, 1.82) is 0 Å². The molecule has 1 aromatic heterocycles. The normalized spacial score (nSPS) is 10.6. The number of aromatic nitrogens is 2. The van der Waals surface area contributed by atoms with E-state index in [9.17, 15) is 9.59 Å². The summed E-state index contributed by atoms with van der Waals surface area (Å²) in [7, 11) is 0. The molecule has 0 saturated carbocycles. The van der Waals surface area contributed by atoms with Crippen molar-refractivity contribution in [2.45, 2.75) is 25.9 Å². The van der Waals surface area contributed by atoms with E-state index in [1.807, 2.05) is 13.8 Å². The molecule has 0 aliphatic carbocycles. The molecule has 1 N–H and O–H groups in total. The topological polar surface area (TPSA) is 72.0 Å². The van der Waals surface area contributed by atoms with Crippen molar-refractivity contribution in [1.82, 2.24) is 9.97 Å². The SMILES string of the molecule is Cc1cc(=O)[nH]c(SCC(=O)OCC(C)C)n1. The zero-order valence-corrected chi connectivity index (χ0v) is 11.0. The highest BCUT2D eigenvalue weighted by atomic mass is 32.2. The average molecular weight is 256 g/mol. The molecular formula is C11H16N2O3S. The van der Waals surface area contributed by atoms with Crippen LogP contribution in [0, 0.1) is 12.8 Å². The number of H-pyrrole nitrogens is 1. The maximum Gasteiger partial charge on any atom is 0.316 e. The molecule has 0 atom stereocenters. The largest absolute Gasteiger partial charge is 0.465 e. The Morgan fingerprint density at radius 1 is 1.59 bits per heavy atom. The number of thioether (sulfide) groups is 1. The zero-order chi connectivity index (χ0) is 12.8. The first-order valence-corrected chi connectivity index (χ1v) is 6.32. The average Bonchev–Trinajstić information content (AvgIpc) is 2.22. The van der Waals surface area contributed by atoms with Crippen molar-refractivity contribution in [3.63, 3.8) is 0 Å². The van der Waals surface area contributed by atoms with Crippen molar-refractivity contribution < 1.29 is 9.53 Å². The second kappa shape index (κ2) is 6.44. The number of carbonyl (C=O) groups excluding carboxylic acids is 1. The van der Waals surface area contributed by atoms with Gasteiger partial charge in [-0.15, -0.1) is 0 Å². The van der Waals surface area contributed by atoms with Gasteiger partial charge in [0.2, 0.25) is 0 Å². The van der Waals surface area contributed by atoms with Crippen molar-refractivity contribution in [2.24, 2.45) is 5.92 Å². The van der Waals surface area contributed by atoms with E-state index in [1.165, 1.54) is 17.8 Å². The van der Waals surface area contributed by atoms with Crippen molar-refractivity contribution in [3.8, 4) is 0 Å². The molecule has 0 bridgehead atoms. The maximum absolute atomic E-state index is 11.3. The van der Waals surface area contributed by atoms with Gasteiger partial charge in [0.05, 0.1) is 12.4 Å². The summed E-state index contributed by atoms with van der Waals surface area (Å²) in [4.78, 5) is 29.1. The Morgan fingerprint density at radius 2 is 2.29 bits per heavy atom. The molecule has 6 heteroatoms. The van der Waals surface area contributed by atoms with Crippen LogP contribution < -0.4 is 5.56 Å². The second-order valence-corrected chi connectivity index (χ2v) is 5.02. The summed E-state index contributed by atoms with van der Waals surface area (Å²) in [5.74, 6) is 0.174. The van der Waals surface area contributed by atoms with Gasteiger partial charge in [-0.2, -0.15) is 0 Å². The first-order valence-electron chi connectivity index (χ1n) is 5.33. The van der Waals surface area contributed by atoms with Crippen LogP contribution in [0.15, 0.2) is 16.0 Å². The molecular weight excluding hydrogens is 240 g/mol. The van der Waals surface area contributed by atoms with Crippen LogP contribution in [-0.4, -0.2) is 28.3 Å². The Kier molecular flexibility index (Phi) is 5.21. The van der Waals surface area contributed by atoms with Crippen LogP contribution in [0.3, 0.4) is 0 Å². The third-order valence-electron chi connectivity index (χ3n) is 1.75. The highest BCUT2D eigenvalue weighted by molar-refractivity contribution is 7.99. The van der Waals surface area contributed by atoms with E-state index < -0.39 is 0 Å². The van der Waals surface area contributed by atoms with E-state index in [4.69, 9.17) is 4.74 Å². The standard InChI is InChI=1S/C11H16N2O3S/c1-7(2)5-16-10(15)6-17-11-12-8(3)4-9(14)13-11/h4,7H,5-6H2,1-3H3,(H,12,13,14). The van der Waals surface area contributed by atoms with Crippen LogP contribution >= 0.6 is 11.8 Å². The Bertz CT molecular complexity index is 443. The number of aromatic amines is 1. The monoisotopic (exact) mass is 256 g/mol. The lowest BCUT2D eigenvalue weighted by molar-refractivity contribution is -0.141. The fourth-order valence-corrected chi connectivity index (χ4v) is 1.77. The molecule has 5 nitrogen and oxygen atoms in total. The number of esters is 1. The van der Waals surface area contributed by atoms with Crippen LogP contribution in [0.2, 0.25) is 0 Å². The Hall–Kier alpha value is -1.30. The number of ether oxygens (including phenoxy) is 1. The minimum Gasteiger partial charge on any atom is -0.465 e. The molecule has 0 saturated heterocycles. The summed E-state index contributed by atoms with van der Waals surface area (Å²) in [5, 5.41) is 0.441. The van der Waals surface area contributed by atoms with Crippen LogP contribution in [-0.2, 0) is 9.53 Å². The van der Waals surface area contributed by atoms with E-state index in [-0.39, 0.29) is 17.3 Å². The first-order chi connectivity index (χ1) is 7.97. The summed E-state index contributed by atoms with van der Waals surface area (Å²) in [5.41, 5.74) is 0.419. The van der Waals surface area contributed by atoms with E-state index in [0.29, 0.717) is 23.4 Å². The predicted molar refractivity (Wildman–Crippen MR) is 66.1 cm³/mol. The summed E-state index contributed by atoms with van der Waals surface area (Å²) in [6.07, 6.45) is 0. The number of nitrogens with zero attached hydrogens (tertiary/aromatic N) is 1. The smallest absolute Gasteiger partial charge is 0.316 e. The van der Waals surface area contributed by atoms with Gasteiger partial charge in [0.15, 0.2) is 5.16 Å². The number of carbonyl (C=O) groups is 1. The number of rotatable bonds is 5. The Morgan fingerprint density at radius 3 is 2.88 bits per heavy atom. The molecule has 1 heterocycles. The zero-order valence-electron chi connectivity index (χ0n) is 10.1. The van der Waals surface area contributed by atoms with Gasteiger partial charge in [-0.05, 0) is 12.8 Å². The van der Waals surface area contributed by atoms with Gasteiger partial charge < -0.3 is 9.72 Å². The lowest BCUT2D eigenvalue weighted by atomic mass is 10.2. The van der Waals surface area contributed by atoms with Gasteiger partial charge in [-0.1, -0.05) is 25.6 Å². The first kappa shape index (κ1) is 13.8. The third-order valence-corrected chi connectivity index (χ3v) is 2.60. The van der Waals surface area contributed by atoms with Crippen LogP contribution in [0.4, 0.5) is 0 Å². The molecule has 1 rings (SSSR count). The number of nitrogens with one attached hydrogen (secondary N) is 1. The second-order valence-electron chi connectivity index (χ2n) is 4.06. The molecule has 1 aromatic rings. The van der Waals surface area contributed by atoms with Crippen LogP contribution in [0.5, 0.6) is 0 Å². The highest BCUT2D eigenvalue weighted by Crippen LogP contribution is 2.11. The molecule has 0 fully saturated rings. The van der Waals surface area contributed by atoms with Gasteiger partial charge >= 0.3 is 5.97 Å². The lowest BCUT2D eigenvalue weighted by Crippen LogP contribution is -2.13. The predicted octanol–water partition coefficient (Wildman–Crippen LogP) is 1.37. The summed E-state index contributed by atoms with van der Waals surface area (Å²) < 4.78 is 5.01. The number of hydrogen-bond donors (Lipinski definition) is 1. The molecule has 0 amide bonds. The Balaban J connectivity index is 2.44. The quantitative estimate of drug-likeness (QED) is 0.489. The molecule has 0 radical (unpaired) electrons. The van der Waals surface area contributed by atoms with Gasteiger partial charge in [0.1, 0.15) is 0 Å².